The first-order valence-electron chi connectivity index (χ1n) is 8.14. The summed E-state index contributed by atoms with van der Waals surface area (Å²) in [6, 6.07) is 11.3. The molecule has 2 aromatic rings. The Morgan fingerprint density at radius 2 is 1.77 bits per heavy atom. The highest BCUT2D eigenvalue weighted by Gasteiger charge is 2.11. The van der Waals surface area contributed by atoms with E-state index in [9.17, 15) is 0 Å². The van der Waals surface area contributed by atoms with E-state index < -0.39 is 0 Å². The van der Waals surface area contributed by atoms with Gasteiger partial charge >= 0.3 is 0 Å². The Hall–Kier alpha value is -3.10. The number of benzene rings is 2. The van der Waals surface area contributed by atoms with Crippen molar-refractivity contribution < 1.29 is 23.7 Å². The lowest BCUT2D eigenvalue weighted by Gasteiger charge is -2.04. The molecule has 0 spiro atoms. The minimum absolute atomic E-state index is 0.281. The van der Waals surface area contributed by atoms with Crippen molar-refractivity contribution in [1.29, 1.82) is 0 Å². The van der Waals surface area contributed by atoms with Crippen molar-refractivity contribution in [2.75, 3.05) is 34.2 Å². The number of hydrogen-bond donors (Lipinski definition) is 0. The number of fused-ring (bicyclic) bond motifs is 1. The van der Waals surface area contributed by atoms with E-state index in [1.54, 1.807) is 14.2 Å². The van der Waals surface area contributed by atoms with Gasteiger partial charge in [-0.2, -0.15) is 0 Å². The van der Waals surface area contributed by atoms with E-state index in [0.29, 0.717) is 24.7 Å². The zero-order chi connectivity index (χ0) is 18.2. The summed E-state index contributed by atoms with van der Waals surface area (Å²) in [7, 11) is 3.23. The molecule has 1 aliphatic rings. The van der Waals surface area contributed by atoms with Crippen molar-refractivity contribution in [1.82, 2.24) is 0 Å². The number of ether oxygens (including phenoxy) is 5. The van der Waals surface area contributed by atoms with Crippen molar-refractivity contribution in [2.24, 2.45) is 0 Å². The van der Waals surface area contributed by atoms with E-state index >= 15 is 0 Å². The molecule has 0 atom stereocenters. The zero-order valence-corrected chi connectivity index (χ0v) is 14.8. The summed E-state index contributed by atoms with van der Waals surface area (Å²) in [6.45, 7) is 1.10. The maximum Gasteiger partial charge on any atom is 0.231 e. The first-order valence-corrected chi connectivity index (χ1v) is 8.14. The molecule has 0 radical (unpaired) electrons. The van der Waals surface area contributed by atoms with Gasteiger partial charge in [-0.1, -0.05) is 30.1 Å². The van der Waals surface area contributed by atoms with Crippen LogP contribution in [0.2, 0.25) is 0 Å². The predicted molar refractivity (Wildman–Crippen MR) is 98.8 cm³/mol. The number of methoxy groups -OCH3 is 2. The third-order valence-corrected chi connectivity index (χ3v) is 3.68. The molecule has 0 saturated heterocycles. The monoisotopic (exact) mass is 352 g/mol. The molecule has 0 N–H and O–H groups in total. The average molecular weight is 352 g/mol. The summed E-state index contributed by atoms with van der Waals surface area (Å²) in [6.07, 6.45) is 3.91. The molecular weight excluding hydrogens is 332 g/mol. The molecule has 0 amide bonds. The standard InChI is InChI=1S/C21H20O5/c1-22-18-11-17(12-19(14-18)23-2)6-4-10-24-9-3-5-16-7-8-20-21(13-16)26-15-25-20/h3,5,7-8,11-14H,9-10,15H2,1-2H3/b5-3+. The van der Waals surface area contributed by atoms with Gasteiger partial charge in [0.1, 0.15) is 18.1 Å². The largest absolute Gasteiger partial charge is 0.497 e. The second-order valence-corrected chi connectivity index (χ2v) is 5.43. The van der Waals surface area contributed by atoms with Crippen LogP contribution in [0.15, 0.2) is 42.5 Å². The van der Waals surface area contributed by atoms with Gasteiger partial charge in [-0.05, 0) is 29.8 Å². The van der Waals surface area contributed by atoms with Gasteiger partial charge in [0, 0.05) is 11.6 Å². The van der Waals surface area contributed by atoms with Crippen LogP contribution < -0.4 is 18.9 Å². The van der Waals surface area contributed by atoms with Crippen molar-refractivity contribution in [3.05, 3.63) is 53.6 Å². The number of hydrogen-bond acceptors (Lipinski definition) is 5. The van der Waals surface area contributed by atoms with Crippen LogP contribution in [0.1, 0.15) is 11.1 Å². The van der Waals surface area contributed by atoms with Crippen LogP contribution in [0.3, 0.4) is 0 Å². The molecule has 5 heteroatoms. The Bertz CT molecular complexity index is 823. The minimum atomic E-state index is 0.281. The summed E-state index contributed by atoms with van der Waals surface area (Å²) in [4.78, 5) is 0. The summed E-state index contributed by atoms with van der Waals surface area (Å²) in [5, 5.41) is 0. The maximum atomic E-state index is 5.50. The lowest BCUT2D eigenvalue weighted by molar-refractivity contribution is 0.174. The van der Waals surface area contributed by atoms with Crippen LogP contribution >= 0.6 is 0 Å². The highest BCUT2D eigenvalue weighted by molar-refractivity contribution is 5.56. The third-order valence-electron chi connectivity index (χ3n) is 3.68. The van der Waals surface area contributed by atoms with Gasteiger partial charge in [0.25, 0.3) is 0 Å². The smallest absolute Gasteiger partial charge is 0.231 e. The number of rotatable bonds is 6. The molecule has 0 bridgehead atoms. The van der Waals surface area contributed by atoms with Crippen LogP contribution in [0, 0.1) is 11.8 Å². The van der Waals surface area contributed by atoms with Crippen molar-refractivity contribution in [3.63, 3.8) is 0 Å². The highest BCUT2D eigenvalue weighted by Crippen LogP contribution is 2.32. The first kappa shape index (κ1) is 17.7. The SMILES string of the molecule is COc1cc(C#CCOC/C=C/c2ccc3c(c2)OCO3)cc(OC)c1. The summed E-state index contributed by atoms with van der Waals surface area (Å²) in [5.74, 6) is 8.99. The van der Waals surface area contributed by atoms with Gasteiger partial charge in [-0.25, -0.2) is 0 Å². The Morgan fingerprint density at radius 1 is 1.00 bits per heavy atom. The van der Waals surface area contributed by atoms with Crippen LogP contribution in [0.4, 0.5) is 0 Å². The summed E-state index contributed by atoms with van der Waals surface area (Å²) < 4.78 is 26.6. The van der Waals surface area contributed by atoms with Crippen molar-refractivity contribution in [3.8, 4) is 34.8 Å². The van der Waals surface area contributed by atoms with E-state index in [0.717, 1.165) is 22.6 Å². The molecule has 0 aliphatic carbocycles. The van der Waals surface area contributed by atoms with Gasteiger partial charge in [0.15, 0.2) is 11.5 Å². The lowest BCUT2D eigenvalue weighted by atomic mass is 10.2. The predicted octanol–water partition coefficient (Wildman–Crippen LogP) is 3.51. The molecule has 0 saturated carbocycles. The Kier molecular flexibility index (Phi) is 6.02. The second-order valence-electron chi connectivity index (χ2n) is 5.43. The fourth-order valence-electron chi connectivity index (χ4n) is 2.40. The van der Waals surface area contributed by atoms with Crippen LogP contribution in [-0.4, -0.2) is 34.2 Å². The molecule has 5 nitrogen and oxygen atoms in total. The Labute approximate surface area is 153 Å². The Balaban J connectivity index is 1.47. The van der Waals surface area contributed by atoms with Gasteiger partial charge < -0.3 is 23.7 Å². The quantitative estimate of drug-likeness (QED) is 0.588. The van der Waals surface area contributed by atoms with Gasteiger partial charge in [0.2, 0.25) is 6.79 Å². The molecule has 1 aliphatic heterocycles. The third kappa shape index (κ3) is 4.71. The molecule has 0 aromatic heterocycles. The van der Waals surface area contributed by atoms with Gasteiger partial charge in [0.05, 0.1) is 20.8 Å². The first-order chi connectivity index (χ1) is 12.8. The van der Waals surface area contributed by atoms with Crippen molar-refractivity contribution >= 4 is 6.08 Å². The minimum Gasteiger partial charge on any atom is -0.497 e. The summed E-state index contributed by atoms with van der Waals surface area (Å²) in [5.41, 5.74) is 1.85. The van der Waals surface area contributed by atoms with Crippen LogP contribution in [0.25, 0.3) is 6.08 Å². The second kappa shape index (κ2) is 8.84. The maximum absolute atomic E-state index is 5.50. The van der Waals surface area contributed by atoms with Crippen LogP contribution in [0.5, 0.6) is 23.0 Å². The normalized spacial score (nSPS) is 11.9. The molecule has 2 aromatic carbocycles. The van der Waals surface area contributed by atoms with Crippen LogP contribution in [-0.2, 0) is 4.74 Å². The van der Waals surface area contributed by atoms with E-state index in [1.807, 2.05) is 48.6 Å². The average Bonchev–Trinajstić information content (AvgIpc) is 3.14. The highest BCUT2D eigenvalue weighted by atomic mass is 16.7. The zero-order valence-electron chi connectivity index (χ0n) is 14.8. The molecule has 3 rings (SSSR count). The van der Waals surface area contributed by atoms with E-state index in [-0.39, 0.29) is 6.79 Å². The van der Waals surface area contributed by atoms with E-state index in [1.165, 1.54) is 0 Å². The van der Waals surface area contributed by atoms with E-state index in [4.69, 9.17) is 23.7 Å². The molecule has 1 heterocycles. The molecule has 0 fully saturated rings. The molecular formula is C21H20O5. The topological polar surface area (TPSA) is 46.2 Å². The molecule has 0 unspecified atom stereocenters. The van der Waals surface area contributed by atoms with E-state index in [2.05, 4.69) is 11.8 Å². The Morgan fingerprint density at radius 3 is 2.54 bits per heavy atom. The van der Waals surface area contributed by atoms with Crippen molar-refractivity contribution in [2.45, 2.75) is 0 Å². The summed E-state index contributed by atoms with van der Waals surface area (Å²) >= 11 is 0. The van der Waals surface area contributed by atoms with Gasteiger partial charge in [-0.3, -0.25) is 0 Å². The molecule has 134 valence electrons. The molecule has 26 heavy (non-hydrogen) atoms. The van der Waals surface area contributed by atoms with Gasteiger partial charge in [-0.15, -0.1) is 0 Å². The fourth-order valence-corrected chi connectivity index (χ4v) is 2.40. The fraction of sp³-hybridized carbons (Fsp3) is 0.238. The lowest BCUT2D eigenvalue weighted by Crippen LogP contribution is -1.92.